The monoisotopic (exact) mass is 276 g/mol. The third kappa shape index (κ3) is 4.07. The summed E-state index contributed by atoms with van der Waals surface area (Å²) >= 11 is 1.81. The van der Waals surface area contributed by atoms with Crippen LogP contribution in [0.1, 0.15) is 43.0 Å². The Morgan fingerprint density at radius 3 is 2.79 bits per heavy atom. The van der Waals surface area contributed by atoms with Crippen molar-refractivity contribution in [2.45, 2.75) is 45.2 Å². The fourth-order valence-electron chi connectivity index (χ4n) is 2.76. The van der Waals surface area contributed by atoms with Gasteiger partial charge in [-0.05, 0) is 50.1 Å². The lowest BCUT2D eigenvalue weighted by Crippen LogP contribution is -2.34. The zero-order valence-corrected chi connectivity index (χ0v) is 12.8. The second-order valence-corrected chi connectivity index (χ2v) is 6.59. The van der Waals surface area contributed by atoms with Gasteiger partial charge in [0.25, 0.3) is 0 Å². The molecule has 2 nitrogen and oxygen atoms in total. The molecule has 0 amide bonds. The first-order valence-corrected chi connectivity index (χ1v) is 8.04. The molecule has 19 heavy (non-hydrogen) atoms. The van der Waals surface area contributed by atoms with E-state index in [-0.39, 0.29) is 0 Å². The number of nitrogens with two attached hydrogens (primary N) is 1. The molecular formula is C16H24N2S. The second kappa shape index (κ2) is 7.09. The Morgan fingerprint density at radius 1 is 1.37 bits per heavy atom. The van der Waals surface area contributed by atoms with E-state index >= 15 is 0 Å². The lowest BCUT2D eigenvalue weighted by Gasteiger charge is -2.33. The van der Waals surface area contributed by atoms with Gasteiger partial charge in [0.15, 0.2) is 0 Å². The van der Waals surface area contributed by atoms with Crippen LogP contribution in [-0.2, 0) is 6.54 Å². The average molecular weight is 276 g/mol. The smallest absolute Gasteiger partial charge is 0.0555 e. The first-order chi connectivity index (χ1) is 9.20. The van der Waals surface area contributed by atoms with Crippen LogP contribution in [0.15, 0.2) is 11.4 Å². The summed E-state index contributed by atoms with van der Waals surface area (Å²) in [6, 6.07) is 2.85. The van der Waals surface area contributed by atoms with E-state index in [1.807, 2.05) is 11.3 Å². The molecule has 3 heteroatoms. The second-order valence-electron chi connectivity index (χ2n) is 5.59. The Hall–Kier alpha value is -0.820. The van der Waals surface area contributed by atoms with E-state index in [1.165, 1.54) is 30.6 Å². The van der Waals surface area contributed by atoms with E-state index in [4.69, 9.17) is 5.73 Å². The minimum atomic E-state index is 0.436. The molecule has 0 spiro atoms. The van der Waals surface area contributed by atoms with Crippen LogP contribution in [0.3, 0.4) is 0 Å². The van der Waals surface area contributed by atoms with Crippen molar-refractivity contribution >= 4 is 11.3 Å². The summed E-state index contributed by atoms with van der Waals surface area (Å²) in [7, 11) is 2.25. The highest BCUT2D eigenvalue weighted by molar-refractivity contribution is 7.10. The van der Waals surface area contributed by atoms with E-state index < -0.39 is 0 Å². The lowest BCUT2D eigenvalue weighted by atomic mass is 9.87. The normalized spacial score (nSPS) is 23.2. The zero-order valence-electron chi connectivity index (χ0n) is 12.0. The van der Waals surface area contributed by atoms with Gasteiger partial charge in [-0.2, -0.15) is 0 Å². The molecule has 104 valence electrons. The molecule has 2 rings (SSSR count). The maximum absolute atomic E-state index is 5.45. The highest BCUT2D eigenvalue weighted by Crippen LogP contribution is 2.28. The summed E-state index contributed by atoms with van der Waals surface area (Å²) in [6.45, 7) is 3.83. The summed E-state index contributed by atoms with van der Waals surface area (Å²) in [5, 5.41) is 2.13. The standard InChI is InChI=1S/C16H24N2S/c1-13-5-7-15(8-6-13)18(2)12-16-14(4-3-10-17)9-11-19-16/h9,11,13,15H,5-8,10,12,17H2,1-2H3. The summed E-state index contributed by atoms with van der Waals surface area (Å²) in [6.07, 6.45) is 5.43. The van der Waals surface area contributed by atoms with Crippen LogP contribution in [0.2, 0.25) is 0 Å². The molecule has 0 atom stereocenters. The maximum atomic E-state index is 5.45. The van der Waals surface area contributed by atoms with Crippen LogP contribution < -0.4 is 5.73 Å². The summed E-state index contributed by atoms with van der Waals surface area (Å²) in [5.41, 5.74) is 6.60. The van der Waals surface area contributed by atoms with Crippen molar-refractivity contribution in [3.8, 4) is 11.8 Å². The van der Waals surface area contributed by atoms with Gasteiger partial charge in [0.1, 0.15) is 0 Å². The van der Waals surface area contributed by atoms with Crippen molar-refractivity contribution in [2.24, 2.45) is 11.7 Å². The zero-order chi connectivity index (χ0) is 13.7. The van der Waals surface area contributed by atoms with Gasteiger partial charge < -0.3 is 5.73 Å². The highest BCUT2D eigenvalue weighted by Gasteiger charge is 2.22. The van der Waals surface area contributed by atoms with Crippen LogP contribution in [0.5, 0.6) is 0 Å². The van der Waals surface area contributed by atoms with Crippen molar-refractivity contribution in [3.63, 3.8) is 0 Å². The summed E-state index contributed by atoms with van der Waals surface area (Å²) < 4.78 is 0. The van der Waals surface area contributed by atoms with Crippen LogP contribution in [0.25, 0.3) is 0 Å². The molecule has 0 radical (unpaired) electrons. The Labute approximate surface area is 121 Å². The van der Waals surface area contributed by atoms with Gasteiger partial charge in [-0.3, -0.25) is 4.90 Å². The minimum absolute atomic E-state index is 0.436. The molecular weight excluding hydrogens is 252 g/mol. The molecule has 0 saturated heterocycles. The van der Waals surface area contributed by atoms with Crippen LogP contribution >= 0.6 is 11.3 Å². The molecule has 1 aromatic rings. The molecule has 0 bridgehead atoms. The quantitative estimate of drug-likeness (QED) is 0.860. The highest BCUT2D eigenvalue weighted by atomic mass is 32.1. The Morgan fingerprint density at radius 2 is 2.11 bits per heavy atom. The Kier molecular flexibility index (Phi) is 5.45. The number of rotatable bonds is 3. The van der Waals surface area contributed by atoms with E-state index in [0.29, 0.717) is 6.54 Å². The van der Waals surface area contributed by atoms with Gasteiger partial charge in [0, 0.05) is 23.0 Å². The fourth-order valence-corrected chi connectivity index (χ4v) is 3.65. The van der Waals surface area contributed by atoms with Crippen molar-refractivity contribution in [1.82, 2.24) is 4.90 Å². The van der Waals surface area contributed by atoms with E-state index in [9.17, 15) is 0 Å². The number of thiophene rings is 1. The molecule has 1 aliphatic carbocycles. The van der Waals surface area contributed by atoms with E-state index in [0.717, 1.165) is 24.1 Å². The van der Waals surface area contributed by atoms with Gasteiger partial charge in [0.05, 0.1) is 6.54 Å². The third-order valence-corrected chi connectivity index (χ3v) is 4.98. The SMILES string of the molecule is CC1CCC(N(C)Cc2sccc2C#CCN)CC1. The van der Waals surface area contributed by atoms with Gasteiger partial charge in [-0.25, -0.2) is 0 Å². The largest absolute Gasteiger partial charge is 0.320 e. The number of nitrogens with zero attached hydrogens (tertiary/aromatic N) is 1. The summed E-state index contributed by atoms with van der Waals surface area (Å²) in [5.74, 6) is 7.05. The van der Waals surface area contributed by atoms with Gasteiger partial charge in [-0.1, -0.05) is 18.8 Å². The van der Waals surface area contributed by atoms with Crippen LogP contribution in [0.4, 0.5) is 0 Å². The third-order valence-electron chi connectivity index (χ3n) is 4.07. The van der Waals surface area contributed by atoms with Crippen LogP contribution in [-0.4, -0.2) is 24.5 Å². The van der Waals surface area contributed by atoms with E-state index in [2.05, 4.69) is 42.2 Å². The van der Waals surface area contributed by atoms with Crippen molar-refractivity contribution < 1.29 is 0 Å². The lowest BCUT2D eigenvalue weighted by molar-refractivity contribution is 0.165. The van der Waals surface area contributed by atoms with Gasteiger partial charge in [0.2, 0.25) is 0 Å². The van der Waals surface area contributed by atoms with Gasteiger partial charge >= 0.3 is 0 Å². The van der Waals surface area contributed by atoms with Crippen molar-refractivity contribution in [3.05, 3.63) is 21.9 Å². The molecule has 1 heterocycles. The Bertz CT molecular complexity index is 447. The maximum Gasteiger partial charge on any atom is 0.0555 e. The van der Waals surface area contributed by atoms with Crippen molar-refractivity contribution in [1.29, 1.82) is 0 Å². The van der Waals surface area contributed by atoms with Gasteiger partial charge in [-0.15, -0.1) is 11.3 Å². The van der Waals surface area contributed by atoms with Crippen molar-refractivity contribution in [2.75, 3.05) is 13.6 Å². The molecule has 1 aromatic heterocycles. The Balaban J connectivity index is 1.95. The fraction of sp³-hybridized carbons (Fsp3) is 0.625. The molecule has 1 aliphatic rings. The first-order valence-electron chi connectivity index (χ1n) is 7.16. The van der Waals surface area contributed by atoms with Crippen LogP contribution in [0, 0.1) is 17.8 Å². The molecule has 1 fully saturated rings. The molecule has 0 aromatic carbocycles. The number of hydrogen-bond acceptors (Lipinski definition) is 3. The first kappa shape index (κ1) is 14.6. The molecule has 1 saturated carbocycles. The predicted octanol–water partition coefficient (Wildman–Crippen LogP) is 3.07. The number of hydrogen-bond donors (Lipinski definition) is 1. The molecule has 0 unspecified atom stereocenters. The molecule has 2 N–H and O–H groups in total. The molecule has 0 aliphatic heterocycles. The van der Waals surface area contributed by atoms with E-state index in [1.54, 1.807) is 0 Å². The predicted molar refractivity (Wildman–Crippen MR) is 83.1 cm³/mol. The minimum Gasteiger partial charge on any atom is -0.320 e. The average Bonchev–Trinajstić information content (AvgIpc) is 2.84. The topological polar surface area (TPSA) is 29.3 Å². The summed E-state index contributed by atoms with van der Waals surface area (Å²) in [4.78, 5) is 3.88.